The third-order valence-electron chi connectivity index (χ3n) is 9.67. The van der Waals surface area contributed by atoms with Gasteiger partial charge in [0.05, 0.1) is 0 Å². The van der Waals surface area contributed by atoms with Crippen LogP contribution in [-0.4, -0.2) is 0 Å². The number of nitrogens with zero attached hydrogens (tertiary/aromatic N) is 1. The lowest BCUT2D eigenvalue weighted by Gasteiger charge is -2.26. The highest BCUT2D eigenvalue weighted by Gasteiger charge is 2.17. The molecular weight excluding hydrogens is 615 g/mol. The van der Waals surface area contributed by atoms with Gasteiger partial charge in [0.15, 0.2) is 0 Å². The Morgan fingerprint density at radius 1 is 0.388 bits per heavy atom. The molecule has 0 spiro atoms. The second kappa shape index (κ2) is 11.2. The van der Waals surface area contributed by atoms with Crippen molar-refractivity contribution in [2.24, 2.45) is 0 Å². The number of furan rings is 1. The summed E-state index contributed by atoms with van der Waals surface area (Å²) in [6.07, 6.45) is 0. The lowest BCUT2D eigenvalue weighted by atomic mass is 9.97. The maximum absolute atomic E-state index is 6.40. The molecule has 3 heteroatoms. The standard InChI is InChI=1S/C46H29NOS/c1-2-14-36-30(10-1)11-8-17-37(36)32-12-7-13-34(28-32)47(35-26-27-41-40-16-4-6-21-44(40)49-45(41)29-35)33-24-22-31(23-25-33)38-18-9-19-42-39-15-3-5-20-43(39)48-46(38)42/h1-29H. The SMILES string of the molecule is c1cc(-c2cccc3ccccc23)cc(N(c2ccc(-c3cccc4c3oc3ccccc34)cc2)c2ccc3c(c2)sc2ccccc23)c1. The summed E-state index contributed by atoms with van der Waals surface area (Å²) >= 11 is 1.85. The number of anilines is 3. The van der Waals surface area contributed by atoms with Gasteiger partial charge < -0.3 is 9.32 Å². The quantitative estimate of drug-likeness (QED) is 0.186. The van der Waals surface area contributed by atoms with E-state index < -0.39 is 0 Å². The predicted octanol–water partition coefficient (Wildman–Crippen LogP) is 13.9. The van der Waals surface area contributed by atoms with E-state index in [-0.39, 0.29) is 0 Å². The zero-order valence-electron chi connectivity index (χ0n) is 26.5. The van der Waals surface area contributed by atoms with E-state index in [1.165, 1.54) is 42.1 Å². The number of fused-ring (bicyclic) bond motifs is 7. The van der Waals surface area contributed by atoms with Crippen molar-refractivity contribution in [2.45, 2.75) is 0 Å². The molecule has 0 saturated heterocycles. The van der Waals surface area contributed by atoms with Crippen molar-refractivity contribution in [3.05, 3.63) is 176 Å². The van der Waals surface area contributed by atoms with Crippen molar-refractivity contribution < 1.29 is 4.42 Å². The summed E-state index contributed by atoms with van der Waals surface area (Å²) in [6, 6.07) is 63.3. The summed E-state index contributed by atoms with van der Waals surface area (Å²) < 4.78 is 8.98. The molecule has 0 unspecified atom stereocenters. The van der Waals surface area contributed by atoms with Crippen LogP contribution in [0.2, 0.25) is 0 Å². The topological polar surface area (TPSA) is 16.4 Å². The molecular formula is C46H29NOS. The number of para-hydroxylation sites is 2. The Labute approximate surface area is 287 Å². The smallest absolute Gasteiger partial charge is 0.143 e. The minimum atomic E-state index is 0.912. The maximum atomic E-state index is 6.40. The van der Waals surface area contributed by atoms with Gasteiger partial charge in [-0.25, -0.2) is 0 Å². The predicted molar refractivity (Wildman–Crippen MR) is 210 cm³/mol. The molecule has 0 fully saturated rings. The van der Waals surface area contributed by atoms with Crippen LogP contribution in [0.25, 0.3) is 75.1 Å². The van der Waals surface area contributed by atoms with Crippen LogP contribution in [0.15, 0.2) is 180 Å². The van der Waals surface area contributed by atoms with Crippen LogP contribution >= 0.6 is 11.3 Å². The molecule has 0 aliphatic heterocycles. The summed E-state index contributed by atoms with van der Waals surface area (Å²) in [5, 5.41) is 7.38. The molecule has 230 valence electrons. The first-order valence-corrected chi connectivity index (χ1v) is 17.4. The van der Waals surface area contributed by atoms with Crippen molar-refractivity contribution in [1.82, 2.24) is 0 Å². The largest absolute Gasteiger partial charge is 0.455 e. The zero-order chi connectivity index (χ0) is 32.3. The van der Waals surface area contributed by atoms with Crippen LogP contribution in [0, 0.1) is 0 Å². The van der Waals surface area contributed by atoms with Crippen molar-refractivity contribution >= 4 is 81.3 Å². The molecule has 8 aromatic carbocycles. The average molecular weight is 644 g/mol. The monoisotopic (exact) mass is 643 g/mol. The van der Waals surface area contributed by atoms with Crippen LogP contribution in [0.4, 0.5) is 17.1 Å². The molecule has 0 saturated carbocycles. The van der Waals surface area contributed by atoms with Crippen molar-refractivity contribution in [1.29, 1.82) is 0 Å². The van der Waals surface area contributed by atoms with Gasteiger partial charge in [-0.2, -0.15) is 0 Å². The fourth-order valence-corrected chi connectivity index (χ4v) is 8.49. The normalized spacial score (nSPS) is 11.7. The van der Waals surface area contributed by atoms with Crippen LogP contribution in [0.3, 0.4) is 0 Å². The van der Waals surface area contributed by atoms with Gasteiger partial charge in [-0.3, -0.25) is 0 Å². The highest BCUT2D eigenvalue weighted by atomic mass is 32.1. The first-order chi connectivity index (χ1) is 24.3. The third kappa shape index (κ3) is 4.62. The number of thiophene rings is 1. The first kappa shape index (κ1) is 27.9. The molecule has 2 heterocycles. The van der Waals surface area contributed by atoms with E-state index in [1.54, 1.807) is 0 Å². The Bertz CT molecular complexity index is 2840. The van der Waals surface area contributed by atoms with E-state index in [2.05, 4.69) is 169 Å². The summed E-state index contributed by atoms with van der Waals surface area (Å²) in [7, 11) is 0. The molecule has 10 aromatic rings. The molecule has 0 bridgehead atoms. The number of rotatable bonds is 5. The Kier molecular flexibility index (Phi) is 6.39. The van der Waals surface area contributed by atoms with Crippen LogP contribution in [-0.2, 0) is 0 Å². The Hall–Kier alpha value is -6.16. The van der Waals surface area contributed by atoms with E-state index in [1.807, 2.05) is 23.5 Å². The van der Waals surface area contributed by atoms with Gasteiger partial charge in [0, 0.05) is 53.6 Å². The van der Waals surface area contributed by atoms with Crippen molar-refractivity contribution in [2.75, 3.05) is 4.90 Å². The molecule has 0 N–H and O–H groups in total. The molecule has 10 rings (SSSR count). The van der Waals surface area contributed by atoms with E-state index in [0.29, 0.717) is 0 Å². The summed E-state index contributed by atoms with van der Waals surface area (Å²) in [5.41, 5.74) is 9.80. The van der Waals surface area contributed by atoms with Gasteiger partial charge in [0.1, 0.15) is 11.2 Å². The number of hydrogen-bond donors (Lipinski definition) is 0. The van der Waals surface area contributed by atoms with Gasteiger partial charge in [0.2, 0.25) is 0 Å². The van der Waals surface area contributed by atoms with Crippen LogP contribution < -0.4 is 4.90 Å². The highest BCUT2D eigenvalue weighted by molar-refractivity contribution is 7.25. The van der Waals surface area contributed by atoms with Crippen LogP contribution in [0.5, 0.6) is 0 Å². The summed E-state index contributed by atoms with van der Waals surface area (Å²) in [6.45, 7) is 0. The van der Waals surface area contributed by atoms with Gasteiger partial charge in [-0.05, 0) is 76.0 Å². The van der Waals surface area contributed by atoms with Gasteiger partial charge in [-0.15, -0.1) is 11.3 Å². The Morgan fingerprint density at radius 2 is 1.04 bits per heavy atom. The van der Waals surface area contributed by atoms with E-state index >= 15 is 0 Å². The molecule has 2 aromatic heterocycles. The minimum Gasteiger partial charge on any atom is -0.455 e. The molecule has 49 heavy (non-hydrogen) atoms. The fraction of sp³-hybridized carbons (Fsp3) is 0. The second-order valence-corrected chi connectivity index (χ2v) is 13.6. The van der Waals surface area contributed by atoms with E-state index in [0.717, 1.165) is 50.1 Å². The Morgan fingerprint density at radius 3 is 1.96 bits per heavy atom. The maximum Gasteiger partial charge on any atom is 0.143 e. The number of hydrogen-bond acceptors (Lipinski definition) is 3. The van der Waals surface area contributed by atoms with E-state index in [9.17, 15) is 0 Å². The van der Waals surface area contributed by atoms with Gasteiger partial charge >= 0.3 is 0 Å². The second-order valence-electron chi connectivity index (χ2n) is 12.5. The van der Waals surface area contributed by atoms with E-state index in [4.69, 9.17) is 4.42 Å². The Balaban J connectivity index is 1.13. The lowest BCUT2D eigenvalue weighted by molar-refractivity contribution is 0.670. The molecule has 0 atom stereocenters. The van der Waals surface area contributed by atoms with Gasteiger partial charge in [0.25, 0.3) is 0 Å². The molecule has 0 aliphatic carbocycles. The lowest BCUT2D eigenvalue weighted by Crippen LogP contribution is -2.10. The molecule has 0 aliphatic rings. The summed E-state index contributed by atoms with van der Waals surface area (Å²) in [4.78, 5) is 2.38. The molecule has 2 nitrogen and oxygen atoms in total. The number of benzene rings is 8. The average Bonchev–Trinajstić information content (AvgIpc) is 3.73. The van der Waals surface area contributed by atoms with Crippen molar-refractivity contribution in [3.8, 4) is 22.3 Å². The highest BCUT2D eigenvalue weighted by Crippen LogP contribution is 2.43. The third-order valence-corrected chi connectivity index (χ3v) is 10.8. The minimum absolute atomic E-state index is 0.912. The summed E-state index contributed by atoms with van der Waals surface area (Å²) in [5.74, 6) is 0. The molecule has 0 amide bonds. The first-order valence-electron chi connectivity index (χ1n) is 16.6. The van der Waals surface area contributed by atoms with Gasteiger partial charge in [-0.1, -0.05) is 127 Å². The fourth-order valence-electron chi connectivity index (χ4n) is 7.36. The van der Waals surface area contributed by atoms with Crippen LogP contribution in [0.1, 0.15) is 0 Å². The zero-order valence-corrected chi connectivity index (χ0v) is 27.3. The molecule has 0 radical (unpaired) electrons. The van der Waals surface area contributed by atoms with Crippen molar-refractivity contribution in [3.63, 3.8) is 0 Å².